The number of nitrogens with zero attached hydrogens (tertiary/aromatic N) is 2. The minimum atomic E-state index is -0.709. The van der Waals surface area contributed by atoms with Crippen LogP contribution < -0.4 is 0 Å². The predicted molar refractivity (Wildman–Crippen MR) is 71.4 cm³/mol. The van der Waals surface area contributed by atoms with Gasteiger partial charge in [0, 0.05) is 12.6 Å². The monoisotopic (exact) mass is 244 g/mol. The molecule has 0 fully saturated rings. The van der Waals surface area contributed by atoms with E-state index in [9.17, 15) is 4.79 Å². The molecule has 0 bridgehead atoms. The van der Waals surface area contributed by atoms with E-state index in [1.54, 1.807) is 0 Å². The van der Waals surface area contributed by atoms with Crippen LogP contribution in [0.2, 0.25) is 0 Å². The minimum absolute atomic E-state index is 0.240. The van der Waals surface area contributed by atoms with E-state index in [4.69, 9.17) is 5.11 Å². The molecule has 0 rings (SSSR count). The van der Waals surface area contributed by atoms with Gasteiger partial charge in [0.2, 0.25) is 0 Å². The summed E-state index contributed by atoms with van der Waals surface area (Å²) in [5, 5.41) is 8.70. The van der Waals surface area contributed by atoms with Crippen LogP contribution >= 0.6 is 0 Å². The van der Waals surface area contributed by atoms with E-state index in [1.807, 2.05) is 0 Å². The van der Waals surface area contributed by atoms with Crippen molar-refractivity contribution < 1.29 is 9.90 Å². The maximum atomic E-state index is 10.6. The average Bonchev–Trinajstić information content (AvgIpc) is 2.27. The van der Waals surface area contributed by atoms with Crippen molar-refractivity contribution in [3.05, 3.63) is 0 Å². The zero-order valence-electron chi connectivity index (χ0n) is 11.8. The first-order valence-electron chi connectivity index (χ1n) is 6.69. The first-order valence-corrected chi connectivity index (χ1v) is 6.69. The Labute approximate surface area is 106 Å². The molecule has 0 heterocycles. The van der Waals surface area contributed by atoms with Gasteiger partial charge in [-0.25, -0.2) is 0 Å². The van der Waals surface area contributed by atoms with E-state index in [1.165, 1.54) is 0 Å². The largest absolute Gasteiger partial charge is 0.481 e. The van der Waals surface area contributed by atoms with Crippen molar-refractivity contribution in [2.45, 2.75) is 46.6 Å². The van der Waals surface area contributed by atoms with Crippen molar-refractivity contribution in [1.29, 1.82) is 0 Å². The highest BCUT2D eigenvalue weighted by atomic mass is 16.4. The van der Waals surface area contributed by atoms with Crippen molar-refractivity contribution in [3.8, 4) is 0 Å². The molecule has 0 unspecified atom stereocenters. The van der Waals surface area contributed by atoms with Crippen LogP contribution in [0.15, 0.2) is 0 Å². The van der Waals surface area contributed by atoms with Crippen LogP contribution in [-0.4, -0.2) is 59.6 Å². The van der Waals surface area contributed by atoms with Crippen molar-refractivity contribution in [1.82, 2.24) is 9.80 Å². The molecule has 17 heavy (non-hydrogen) atoms. The fourth-order valence-corrected chi connectivity index (χ4v) is 1.90. The van der Waals surface area contributed by atoms with E-state index in [0.717, 1.165) is 32.6 Å². The van der Waals surface area contributed by atoms with E-state index in [0.29, 0.717) is 12.6 Å². The van der Waals surface area contributed by atoms with Gasteiger partial charge in [0.1, 0.15) is 0 Å². The zero-order valence-corrected chi connectivity index (χ0v) is 11.8. The Bertz CT molecular complexity index is 204. The summed E-state index contributed by atoms with van der Waals surface area (Å²) in [6.45, 7) is 13.5. The smallest absolute Gasteiger partial charge is 0.304 e. The third-order valence-electron chi connectivity index (χ3n) is 3.16. The molecule has 0 amide bonds. The first-order chi connectivity index (χ1) is 8.01. The van der Waals surface area contributed by atoms with Gasteiger partial charge in [-0.2, -0.15) is 0 Å². The fraction of sp³-hybridized carbons (Fsp3) is 0.923. The van der Waals surface area contributed by atoms with Gasteiger partial charge >= 0.3 is 5.97 Å². The first kappa shape index (κ1) is 16.4. The molecule has 0 aliphatic heterocycles. The number of carbonyl (C=O) groups is 1. The molecule has 0 aromatic carbocycles. The second-order valence-electron chi connectivity index (χ2n) is 4.65. The van der Waals surface area contributed by atoms with Crippen LogP contribution in [0.1, 0.15) is 40.5 Å². The number of hydrogen-bond acceptors (Lipinski definition) is 3. The number of carboxylic acids is 1. The second kappa shape index (κ2) is 9.42. The number of carboxylic acid groups (broad SMARTS) is 1. The second-order valence-corrected chi connectivity index (χ2v) is 4.65. The third kappa shape index (κ3) is 8.16. The van der Waals surface area contributed by atoms with Crippen molar-refractivity contribution in [2.75, 3.05) is 32.7 Å². The topological polar surface area (TPSA) is 43.8 Å². The summed E-state index contributed by atoms with van der Waals surface area (Å²) in [6, 6.07) is 0.422. The Morgan fingerprint density at radius 1 is 1.12 bits per heavy atom. The van der Waals surface area contributed by atoms with Crippen LogP contribution in [0.5, 0.6) is 0 Å². The molecule has 0 saturated carbocycles. The predicted octanol–water partition coefficient (Wildman–Crippen LogP) is 1.90. The molecular weight excluding hydrogens is 216 g/mol. The highest BCUT2D eigenvalue weighted by molar-refractivity contribution is 5.66. The normalized spacial score (nSPS) is 11.7. The molecule has 0 aromatic rings. The Balaban J connectivity index is 3.88. The Kier molecular flexibility index (Phi) is 9.09. The quantitative estimate of drug-likeness (QED) is 0.637. The summed E-state index contributed by atoms with van der Waals surface area (Å²) in [7, 11) is 0. The van der Waals surface area contributed by atoms with Crippen LogP contribution in [0.3, 0.4) is 0 Å². The summed E-state index contributed by atoms with van der Waals surface area (Å²) in [4.78, 5) is 15.2. The van der Waals surface area contributed by atoms with Gasteiger partial charge < -0.3 is 14.9 Å². The molecule has 0 spiro atoms. The molecule has 1 N–H and O–H groups in total. The molecule has 4 nitrogen and oxygen atoms in total. The van der Waals surface area contributed by atoms with Gasteiger partial charge in [-0.05, 0) is 46.4 Å². The third-order valence-corrected chi connectivity index (χ3v) is 3.16. The van der Waals surface area contributed by atoms with Crippen LogP contribution in [0.25, 0.3) is 0 Å². The lowest BCUT2D eigenvalue weighted by atomic mass is 10.2. The average molecular weight is 244 g/mol. The van der Waals surface area contributed by atoms with Crippen molar-refractivity contribution >= 4 is 5.97 Å². The number of rotatable bonds is 10. The van der Waals surface area contributed by atoms with Crippen LogP contribution in [-0.2, 0) is 4.79 Å². The minimum Gasteiger partial charge on any atom is -0.481 e. The maximum absolute atomic E-state index is 10.6. The Hall–Kier alpha value is -0.610. The SMILES string of the molecule is CCN(CC)CCCN(CCC(=O)O)C(C)C. The van der Waals surface area contributed by atoms with Gasteiger partial charge in [-0.15, -0.1) is 0 Å². The van der Waals surface area contributed by atoms with Gasteiger partial charge in [0.15, 0.2) is 0 Å². The van der Waals surface area contributed by atoms with Gasteiger partial charge in [-0.1, -0.05) is 13.8 Å². The molecular formula is C13H28N2O2. The maximum Gasteiger partial charge on any atom is 0.304 e. The highest BCUT2D eigenvalue weighted by Gasteiger charge is 2.11. The van der Waals surface area contributed by atoms with Gasteiger partial charge in [0.05, 0.1) is 6.42 Å². The van der Waals surface area contributed by atoms with Gasteiger partial charge in [0.25, 0.3) is 0 Å². The summed E-state index contributed by atoms with van der Waals surface area (Å²) >= 11 is 0. The number of aliphatic carboxylic acids is 1. The molecule has 102 valence electrons. The summed E-state index contributed by atoms with van der Waals surface area (Å²) in [6.07, 6.45) is 1.35. The molecule has 0 atom stereocenters. The van der Waals surface area contributed by atoms with Crippen LogP contribution in [0, 0.1) is 0 Å². The van der Waals surface area contributed by atoms with E-state index in [-0.39, 0.29) is 6.42 Å². The van der Waals surface area contributed by atoms with Gasteiger partial charge in [-0.3, -0.25) is 4.79 Å². The molecule has 0 saturated heterocycles. The lowest BCUT2D eigenvalue weighted by Crippen LogP contribution is -2.35. The molecule has 0 aliphatic rings. The highest BCUT2D eigenvalue weighted by Crippen LogP contribution is 2.02. The zero-order chi connectivity index (χ0) is 13.3. The van der Waals surface area contributed by atoms with E-state index < -0.39 is 5.97 Å². The lowest BCUT2D eigenvalue weighted by molar-refractivity contribution is -0.137. The molecule has 0 radical (unpaired) electrons. The Morgan fingerprint density at radius 2 is 1.71 bits per heavy atom. The number of hydrogen-bond donors (Lipinski definition) is 1. The molecule has 0 aliphatic carbocycles. The standard InChI is InChI=1S/C13H28N2O2/c1-5-14(6-2)9-7-10-15(12(3)4)11-8-13(16)17/h12H,5-11H2,1-4H3,(H,16,17). The van der Waals surface area contributed by atoms with Crippen molar-refractivity contribution in [3.63, 3.8) is 0 Å². The summed E-state index contributed by atoms with van der Waals surface area (Å²) < 4.78 is 0. The molecule has 4 heteroatoms. The van der Waals surface area contributed by atoms with E-state index in [2.05, 4.69) is 37.5 Å². The van der Waals surface area contributed by atoms with E-state index >= 15 is 0 Å². The lowest BCUT2D eigenvalue weighted by Gasteiger charge is -2.27. The fourth-order valence-electron chi connectivity index (χ4n) is 1.90. The summed E-state index contributed by atoms with van der Waals surface area (Å²) in [5.74, 6) is -0.709. The summed E-state index contributed by atoms with van der Waals surface area (Å²) in [5.41, 5.74) is 0. The molecule has 0 aromatic heterocycles. The Morgan fingerprint density at radius 3 is 2.12 bits per heavy atom. The van der Waals surface area contributed by atoms with Crippen molar-refractivity contribution in [2.24, 2.45) is 0 Å². The van der Waals surface area contributed by atoms with Crippen LogP contribution in [0.4, 0.5) is 0 Å².